The average molecular weight is 377 g/mol. The van der Waals surface area contributed by atoms with Gasteiger partial charge in [-0.15, -0.1) is 0 Å². The Morgan fingerprint density at radius 1 is 1.43 bits per heavy atom. The first-order valence-electron chi connectivity index (χ1n) is 6.21. The Kier molecular flexibility index (Phi) is 6.83. The zero-order chi connectivity index (χ0) is 16.0. The molecule has 0 fully saturated rings. The molecule has 2 atom stereocenters. The van der Waals surface area contributed by atoms with Gasteiger partial charge in [-0.2, -0.15) is 0 Å². The van der Waals surface area contributed by atoms with Gasteiger partial charge >= 0.3 is 12.0 Å². The highest BCUT2D eigenvalue weighted by molar-refractivity contribution is 9.10. The Morgan fingerprint density at radius 2 is 2.10 bits per heavy atom. The quantitative estimate of drug-likeness (QED) is 0.710. The van der Waals surface area contributed by atoms with E-state index in [-0.39, 0.29) is 10.8 Å². The highest BCUT2D eigenvalue weighted by Crippen LogP contribution is 2.21. The Hall–Kier alpha value is -1.41. The Bertz CT molecular complexity index is 565. The van der Waals surface area contributed by atoms with Crippen LogP contribution in [0.4, 0.5) is 10.5 Å². The highest BCUT2D eigenvalue weighted by atomic mass is 79.9. The number of hydrogen-bond acceptors (Lipinski definition) is 3. The molecule has 0 aromatic heterocycles. The predicted molar refractivity (Wildman–Crippen MR) is 86.3 cm³/mol. The van der Waals surface area contributed by atoms with E-state index < -0.39 is 22.8 Å². The van der Waals surface area contributed by atoms with Gasteiger partial charge in [0.25, 0.3) is 0 Å². The molecule has 21 heavy (non-hydrogen) atoms. The van der Waals surface area contributed by atoms with Crippen LogP contribution in [0.1, 0.15) is 23.7 Å². The van der Waals surface area contributed by atoms with Gasteiger partial charge in [-0.05, 0) is 40.5 Å². The predicted octanol–water partition coefficient (Wildman–Crippen LogP) is 2.43. The van der Waals surface area contributed by atoms with Gasteiger partial charge in [-0.1, -0.05) is 6.92 Å². The van der Waals surface area contributed by atoms with Crippen molar-refractivity contribution < 1.29 is 18.9 Å². The zero-order valence-corrected chi connectivity index (χ0v) is 14.1. The molecule has 0 aliphatic rings. The lowest BCUT2D eigenvalue weighted by Gasteiger charge is -2.11. The van der Waals surface area contributed by atoms with Crippen LogP contribution in [0.15, 0.2) is 22.7 Å². The summed E-state index contributed by atoms with van der Waals surface area (Å²) in [6, 6.07) is 4.10. The van der Waals surface area contributed by atoms with Gasteiger partial charge in [0.05, 0.1) is 5.56 Å². The maximum absolute atomic E-state index is 11.7. The molecule has 6 nitrogen and oxygen atoms in total. The molecule has 0 radical (unpaired) electrons. The molecular formula is C13H17BrN2O4S. The molecule has 1 aromatic carbocycles. The first-order valence-corrected chi connectivity index (χ1v) is 8.62. The molecule has 0 aliphatic heterocycles. The SMILES string of the molecule is CC(CCNC(=O)Nc1ccc(Br)c(C(=O)O)c1)S(C)=O. The van der Waals surface area contributed by atoms with Crippen LogP contribution in [-0.2, 0) is 10.8 Å². The van der Waals surface area contributed by atoms with Crippen molar-refractivity contribution in [3.8, 4) is 0 Å². The number of benzene rings is 1. The molecule has 2 unspecified atom stereocenters. The standard InChI is InChI=1S/C13H17BrN2O4S/c1-8(21(2)20)5-6-15-13(19)16-9-3-4-11(14)10(7-9)12(17)18/h3-4,7-8H,5-6H2,1-2H3,(H,17,18)(H2,15,16,19). The monoisotopic (exact) mass is 376 g/mol. The topological polar surface area (TPSA) is 95.5 Å². The zero-order valence-electron chi connectivity index (χ0n) is 11.7. The number of amides is 2. The third-order valence-electron chi connectivity index (χ3n) is 2.86. The summed E-state index contributed by atoms with van der Waals surface area (Å²) in [5.41, 5.74) is 0.461. The number of rotatable bonds is 6. The maximum atomic E-state index is 11.7. The lowest BCUT2D eigenvalue weighted by Crippen LogP contribution is -2.31. The number of hydrogen-bond donors (Lipinski definition) is 3. The van der Waals surface area contributed by atoms with E-state index in [0.717, 1.165) is 0 Å². The second-order valence-corrected chi connectivity index (χ2v) is 7.13. The maximum Gasteiger partial charge on any atom is 0.336 e. The van der Waals surface area contributed by atoms with Gasteiger partial charge < -0.3 is 15.7 Å². The normalized spacial score (nSPS) is 13.3. The number of carboxylic acids is 1. The number of carboxylic acid groups (broad SMARTS) is 1. The lowest BCUT2D eigenvalue weighted by atomic mass is 10.2. The van der Waals surface area contributed by atoms with Gasteiger partial charge in [0.15, 0.2) is 0 Å². The molecule has 0 saturated carbocycles. The molecule has 0 bridgehead atoms. The number of nitrogens with one attached hydrogen (secondary N) is 2. The van der Waals surface area contributed by atoms with E-state index in [0.29, 0.717) is 23.1 Å². The Labute approximate surface area is 133 Å². The number of aromatic carboxylic acids is 1. The average Bonchev–Trinajstić information content (AvgIpc) is 2.40. The molecule has 0 saturated heterocycles. The molecule has 2 amide bonds. The summed E-state index contributed by atoms with van der Waals surface area (Å²) in [6.45, 7) is 2.25. The van der Waals surface area contributed by atoms with Gasteiger partial charge in [0.2, 0.25) is 0 Å². The van der Waals surface area contributed by atoms with E-state index in [2.05, 4.69) is 26.6 Å². The minimum atomic E-state index is -1.08. The van der Waals surface area contributed by atoms with Crippen molar-refractivity contribution in [2.45, 2.75) is 18.6 Å². The molecule has 0 spiro atoms. The fourth-order valence-corrected chi connectivity index (χ4v) is 2.36. The number of halogens is 1. The van der Waals surface area contributed by atoms with E-state index in [4.69, 9.17) is 5.11 Å². The van der Waals surface area contributed by atoms with Gasteiger partial charge in [0.1, 0.15) is 0 Å². The van der Waals surface area contributed by atoms with Crippen molar-refractivity contribution in [3.63, 3.8) is 0 Å². The van der Waals surface area contributed by atoms with E-state index in [1.807, 2.05) is 6.92 Å². The summed E-state index contributed by atoms with van der Waals surface area (Å²) in [4.78, 5) is 22.7. The Morgan fingerprint density at radius 3 is 2.67 bits per heavy atom. The van der Waals surface area contributed by atoms with Crippen molar-refractivity contribution in [1.29, 1.82) is 0 Å². The van der Waals surface area contributed by atoms with Gasteiger partial charge in [-0.3, -0.25) is 4.21 Å². The largest absolute Gasteiger partial charge is 0.478 e. The summed E-state index contributed by atoms with van der Waals surface area (Å²) in [5, 5.41) is 14.2. The van der Waals surface area contributed by atoms with Crippen LogP contribution in [0.3, 0.4) is 0 Å². The second-order valence-electron chi connectivity index (χ2n) is 4.48. The van der Waals surface area contributed by atoms with Crippen molar-refractivity contribution in [3.05, 3.63) is 28.2 Å². The lowest BCUT2D eigenvalue weighted by molar-refractivity contribution is 0.0696. The fraction of sp³-hybridized carbons (Fsp3) is 0.385. The molecule has 3 N–H and O–H groups in total. The number of anilines is 1. The third kappa shape index (κ3) is 5.84. The van der Waals surface area contributed by atoms with Crippen LogP contribution in [0.25, 0.3) is 0 Å². The van der Waals surface area contributed by atoms with Crippen LogP contribution in [-0.4, -0.2) is 39.4 Å². The summed E-state index contributed by atoms with van der Waals surface area (Å²) in [5.74, 6) is -1.08. The van der Waals surface area contributed by atoms with Crippen LogP contribution in [0.5, 0.6) is 0 Å². The van der Waals surface area contributed by atoms with Crippen molar-refractivity contribution in [2.24, 2.45) is 0 Å². The first-order chi connectivity index (χ1) is 9.81. The minimum Gasteiger partial charge on any atom is -0.478 e. The first kappa shape index (κ1) is 17.6. The smallest absolute Gasteiger partial charge is 0.336 e. The summed E-state index contributed by atoms with van der Waals surface area (Å²) < 4.78 is 11.6. The van der Waals surface area contributed by atoms with E-state index in [1.54, 1.807) is 18.4 Å². The Balaban J connectivity index is 2.54. The summed E-state index contributed by atoms with van der Waals surface area (Å²) in [6.07, 6.45) is 2.23. The van der Waals surface area contributed by atoms with Gasteiger partial charge in [0, 0.05) is 39.0 Å². The van der Waals surface area contributed by atoms with Crippen LogP contribution >= 0.6 is 15.9 Å². The number of carbonyl (C=O) groups excluding carboxylic acids is 1. The second kappa shape index (κ2) is 8.14. The van der Waals surface area contributed by atoms with Crippen LogP contribution in [0, 0.1) is 0 Å². The van der Waals surface area contributed by atoms with E-state index in [1.165, 1.54) is 6.07 Å². The highest BCUT2D eigenvalue weighted by Gasteiger charge is 2.11. The van der Waals surface area contributed by atoms with Crippen LogP contribution in [0.2, 0.25) is 0 Å². The molecule has 1 aromatic rings. The molecule has 0 aliphatic carbocycles. The van der Waals surface area contributed by atoms with Crippen LogP contribution < -0.4 is 10.6 Å². The minimum absolute atomic E-state index is 0.0107. The van der Waals surface area contributed by atoms with E-state index in [9.17, 15) is 13.8 Å². The van der Waals surface area contributed by atoms with E-state index >= 15 is 0 Å². The molecule has 0 heterocycles. The van der Waals surface area contributed by atoms with Crippen molar-refractivity contribution in [2.75, 3.05) is 18.1 Å². The number of carbonyl (C=O) groups is 2. The molecule has 116 valence electrons. The van der Waals surface area contributed by atoms with Crippen molar-refractivity contribution >= 4 is 44.4 Å². The van der Waals surface area contributed by atoms with Gasteiger partial charge in [-0.25, -0.2) is 9.59 Å². The summed E-state index contributed by atoms with van der Waals surface area (Å²) in [7, 11) is -0.916. The van der Waals surface area contributed by atoms with Crippen molar-refractivity contribution in [1.82, 2.24) is 5.32 Å². The summed E-state index contributed by atoms with van der Waals surface area (Å²) >= 11 is 3.13. The molecule has 1 rings (SSSR count). The molecular weight excluding hydrogens is 360 g/mol. The third-order valence-corrected chi connectivity index (χ3v) is 4.92. The fourth-order valence-electron chi connectivity index (χ4n) is 1.50. The number of urea groups is 1. The molecule has 8 heteroatoms.